The zero-order valence-corrected chi connectivity index (χ0v) is 12.0. The number of Topliss-reactive ketones (excluding diaryl/α,β-unsaturated/α-hetero) is 1. The number of hydrogen-bond acceptors (Lipinski definition) is 2. The predicted molar refractivity (Wildman–Crippen MR) is 68.5 cm³/mol. The van der Waals surface area contributed by atoms with Crippen molar-refractivity contribution in [2.24, 2.45) is 5.92 Å². The summed E-state index contributed by atoms with van der Waals surface area (Å²) >= 11 is 3.55. The van der Waals surface area contributed by atoms with Gasteiger partial charge < -0.3 is 0 Å². The van der Waals surface area contributed by atoms with E-state index in [2.05, 4.69) is 28.0 Å². The third kappa shape index (κ3) is 2.73. The van der Waals surface area contributed by atoms with Crippen molar-refractivity contribution in [3.05, 3.63) is 15.9 Å². The maximum atomic E-state index is 11.8. The third-order valence-corrected chi connectivity index (χ3v) is 3.60. The van der Waals surface area contributed by atoms with Gasteiger partial charge in [0.15, 0.2) is 0 Å². The molecule has 16 heavy (non-hydrogen) atoms. The number of nitrogens with zero attached hydrogens (tertiary/aromatic N) is 2. The standard InChI is InChI=1S/C12H19BrN2O/c1-5-9-12(13)10(15(6-2)14-9)7-11(16)8(3)4/h8H,5-7H2,1-4H3. The van der Waals surface area contributed by atoms with E-state index in [1.54, 1.807) is 0 Å². The first-order valence-corrected chi connectivity index (χ1v) is 6.57. The molecular formula is C12H19BrN2O. The Balaban J connectivity index is 3.02. The van der Waals surface area contributed by atoms with Gasteiger partial charge in [0.05, 0.1) is 15.9 Å². The van der Waals surface area contributed by atoms with E-state index in [1.807, 2.05) is 25.5 Å². The number of ketones is 1. The van der Waals surface area contributed by atoms with Gasteiger partial charge in [-0.3, -0.25) is 9.48 Å². The monoisotopic (exact) mass is 286 g/mol. The lowest BCUT2D eigenvalue weighted by molar-refractivity contribution is -0.121. The van der Waals surface area contributed by atoms with Crippen molar-refractivity contribution in [2.45, 2.75) is 47.1 Å². The van der Waals surface area contributed by atoms with Crippen LogP contribution < -0.4 is 0 Å². The topological polar surface area (TPSA) is 34.9 Å². The van der Waals surface area contributed by atoms with Crippen molar-refractivity contribution in [1.29, 1.82) is 0 Å². The Labute approximate surface area is 105 Å². The third-order valence-electron chi connectivity index (χ3n) is 2.68. The highest BCUT2D eigenvalue weighted by molar-refractivity contribution is 9.10. The van der Waals surface area contributed by atoms with Gasteiger partial charge in [-0.25, -0.2) is 0 Å². The van der Waals surface area contributed by atoms with Crippen LogP contribution in [0.2, 0.25) is 0 Å². The lowest BCUT2D eigenvalue weighted by Gasteiger charge is -2.06. The fourth-order valence-corrected chi connectivity index (χ4v) is 2.26. The van der Waals surface area contributed by atoms with Crippen LogP contribution in [0.3, 0.4) is 0 Å². The van der Waals surface area contributed by atoms with Crippen LogP contribution in [0.4, 0.5) is 0 Å². The smallest absolute Gasteiger partial charge is 0.141 e. The van der Waals surface area contributed by atoms with Crippen LogP contribution >= 0.6 is 15.9 Å². The molecule has 0 radical (unpaired) electrons. The van der Waals surface area contributed by atoms with Gasteiger partial charge in [0, 0.05) is 18.9 Å². The van der Waals surface area contributed by atoms with Crippen LogP contribution in [0.5, 0.6) is 0 Å². The Morgan fingerprint density at radius 3 is 2.50 bits per heavy atom. The molecule has 0 saturated heterocycles. The van der Waals surface area contributed by atoms with E-state index in [-0.39, 0.29) is 11.7 Å². The van der Waals surface area contributed by atoms with Crippen LogP contribution in [0.1, 0.15) is 39.1 Å². The summed E-state index contributed by atoms with van der Waals surface area (Å²) in [5, 5.41) is 4.48. The first-order chi connectivity index (χ1) is 7.51. The van der Waals surface area contributed by atoms with Crippen LogP contribution in [0.15, 0.2) is 4.47 Å². The zero-order chi connectivity index (χ0) is 12.3. The molecule has 0 saturated carbocycles. The number of aryl methyl sites for hydroxylation is 2. The Morgan fingerprint density at radius 2 is 2.06 bits per heavy atom. The first kappa shape index (κ1) is 13.4. The Bertz CT molecular complexity index is 383. The van der Waals surface area contributed by atoms with Crippen molar-refractivity contribution < 1.29 is 4.79 Å². The normalized spacial score (nSPS) is 11.1. The average molecular weight is 287 g/mol. The Morgan fingerprint density at radius 1 is 1.44 bits per heavy atom. The first-order valence-electron chi connectivity index (χ1n) is 5.77. The van der Waals surface area contributed by atoms with Crippen LogP contribution in [0, 0.1) is 5.92 Å². The van der Waals surface area contributed by atoms with Gasteiger partial charge in [-0.2, -0.15) is 5.10 Å². The lowest BCUT2D eigenvalue weighted by atomic mass is 10.0. The number of carbonyl (C=O) groups excluding carboxylic acids is 1. The molecule has 1 aromatic heterocycles. The Kier molecular flexibility index (Phi) is 4.71. The highest BCUT2D eigenvalue weighted by atomic mass is 79.9. The summed E-state index contributed by atoms with van der Waals surface area (Å²) < 4.78 is 2.93. The van der Waals surface area contributed by atoms with E-state index in [9.17, 15) is 4.79 Å². The molecule has 0 N–H and O–H groups in total. The zero-order valence-electron chi connectivity index (χ0n) is 10.4. The van der Waals surface area contributed by atoms with E-state index in [0.717, 1.165) is 28.8 Å². The second kappa shape index (κ2) is 5.62. The summed E-state index contributed by atoms with van der Waals surface area (Å²) in [4.78, 5) is 11.8. The quantitative estimate of drug-likeness (QED) is 0.834. The van der Waals surface area contributed by atoms with Gasteiger partial charge >= 0.3 is 0 Å². The molecule has 0 aliphatic heterocycles. The van der Waals surface area contributed by atoms with E-state index < -0.39 is 0 Å². The lowest BCUT2D eigenvalue weighted by Crippen LogP contribution is -2.14. The molecule has 0 bridgehead atoms. The number of carbonyl (C=O) groups is 1. The molecule has 0 aliphatic rings. The molecule has 0 aliphatic carbocycles. The predicted octanol–water partition coefficient (Wildman–Crippen LogP) is 3.00. The summed E-state index contributed by atoms with van der Waals surface area (Å²) in [6.07, 6.45) is 1.36. The van der Waals surface area contributed by atoms with Gasteiger partial charge in [0.25, 0.3) is 0 Å². The minimum Gasteiger partial charge on any atom is -0.299 e. The van der Waals surface area contributed by atoms with Crippen LogP contribution in [-0.4, -0.2) is 15.6 Å². The molecule has 0 aromatic carbocycles. The largest absolute Gasteiger partial charge is 0.299 e. The van der Waals surface area contributed by atoms with Crippen molar-refractivity contribution in [3.8, 4) is 0 Å². The minimum atomic E-state index is 0.0807. The molecule has 1 aromatic rings. The molecule has 0 spiro atoms. The molecule has 4 heteroatoms. The fourth-order valence-electron chi connectivity index (χ4n) is 1.56. The summed E-state index contributed by atoms with van der Waals surface area (Å²) in [7, 11) is 0. The number of aromatic nitrogens is 2. The molecule has 90 valence electrons. The highest BCUT2D eigenvalue weighted by Gasteiger charge is 2.18. The maximum absolute atomic E-state index is 11.8. The summed E-state index contributed by atoms with van der Waals surface area (Å²) in [6, 6.07) is 0. The summed E-state index contributed by atoms with van der Waals surface area (Å²) in [5.74, 6) is 0.343. The van der Waals surface area contributed by atoms with E-state index in [0.29, 0.717) is 6.42 Å². The minimum absolute atomic E-state index is 0.0807. The molecule has 0 fully saturated rings. The van der Waals surface area contributed by atoms with Crippen LogP contribution in [-0.2, 0) is 24.2 Å². The number of hydrogen-bond donors (Lipinski definition) is 0. The summed E-state index contributed by atoms with van der Waals surface area (Å²) in [6.45, 7) is 8.79. The molecule has 0 atom stereocenters. The van der Waals surface area contributed by atoms with Crippen molar-refractivity contribution in [2.75, 3.05) is 0 Å². The molecule has 0 amide bonds. The fraction of sp³-hybridized carbons (Fsp3) is 0.667. The molecule has 1 heterocycles. The van der Waals surface area contributed by atoms with Gasteiger partial charge in [-0.05, 0) is 29.3 Å². The molecular weight excluding hydrogens is 268 g/mol. The molecule has 0 unspecified atom stereocenters. The van der Waals surface area contributed by atoms with E-state index in [4.69, 9.17) is 0 Å². The van der Waals surface area contributed by atoms with Gasteiger partial charge in [-0.15, -0.1) is 0 Å². The second-order valence-corrected chi connectivity index (χ2v) is 4.97. The SMILES string of the molecule is CCc1nn(CC)c(CC(=O)C(C)C)c1Br. The van der Waals surface area contributed by atoms with Gasteiger partial charge in [0.1, 0.15) is 5.78 Å². The number of rotatable bonds is 5. The maximum Gasteiger partial charge on any atom is 0.141 e. The van der Waals surface area contributed by atoms with Crippen LogP contribution in [0.25, 0.3) is 0 Å². The average Bonchev–Trinajstić information content (AvgIpc) is 2.55. The Hall–Kier alpha value is -0.640. The van der Waals surface area contributed by atoms with Crippen molar-refractivity contribution in [3.63, 3.8) is 0 Å². The second-order valence-electron chi connectivity index (χ2n) is 4.17. The number of halogens is 1. The van der Waals surface area contributed by atoms with Gasteiger partial charge in [0.2, 0.25) is 0 Å². The van der Waals surface area contributed by atoms with E-state index >= 15 is 0 Å². The molecule has 3 nitrogen and oxygen atoms in total. The van der Waals surface area contributed by atoms with Crippen molar-refractivity contribution >= 4 is 21.7 Å². The summed E-state index contributed by atoms with van der Waals surface area (Å²) in [5.41, 5.74) is 2.05. The van der Waals surface area contributed by atoms with E-state index in [1.165, 1.54) is 0 Å². The molecule has 1 rings (SSSR count). The highest BCUT2D eigenvalue weighted by Crippen LogP contribution is 2.23. The van der Waals surface area contributed by atoms with Gasteiger partial charge in [-0.1, -0.05) is 20.8 Å². The van der Waals surface area contributed by atoms with Crippen molar-refractivity contribution in [1.82, 2.24) is 9.78 Å².